The molecule has 1 saturated carbocycles. The molecule has 2 aliphatic rings. The van der Waals surface area contributed by atoms with E-state index in [0.29, 0.717) is 22.8 Å². The van der Waals surface area contributed by atoms with Crippen molar-refractivity contribution in [2.75, 3.05) is 0 Å². The lowest BCUT2D eigenvalue weighted by Gasteiger charge is -2.41. The highest BCUT2D eigenvalue weighted by atomic mass is 16.5. The zero-order valence-corrected chi connectivity index (χ0v) is 15.8. The van der Waals surface area contributed by atoms with Crippen LogP contribution in [-0.4, -0.2) is 22.3 Å². The Morgan fingerprint density at radius 1 is 1.38 bits per heavy atom. The van der Waals surface area contributed by atoms with Gasteiger partial charge in [0, 0.05) is 0 Å². The highest BCUT2D eigenvalue weighted by molar-refractivity contribution is 5.95. The quantitative estimate of drug-likeness (QED) is 0.715. The van der Waals surface area contributed by atoms with Crippen LogP contribution in [0.3, 0.4) is 0 Å². The van der Waals surface area contributed by atoms with E-state index in [1.165, 1.54) is 18.4 Å². The zero-order valence-electron chi connectivity index (χ0n) is 15.8. The molecule has 4 heteroatoms. The molecule has 1 fully saturated rings. The van der Waals surface area contributed by atoms with E-state index in [1.807, 2.05) is 6.08 Å². The number of aryl methyl sites for hydroxylation is 1. The number of carboxylic acid groups (broad SMARTS) is 1. The minimum Gasteiger partial charge on any atom is -0.506 e. The molecule has 140 valence electrons. The number of hydrogen-bond acceptors (Lipinski definition) is 3. The van der Waals surface area contributed by atoms with E-state index in [0.717, 1.165) is 19.3 Å². The third kappa shape index (κ3) is 3.37. The number of carbonyl (C=O) groups is 1. The van der Waals surface area contributed by atoms with Crippen LogP contribution in [0.4, 0.5) is 0 Å². The number of aromatic hydroxyl groups is 1. The van der Waals surface area contributed by atoms with Gasteiger partial charge >= 0.3 is 5.97 Å². The summed E-state index contributed by atoms with van der Waals surface area (Å²) < 4.78 is 6.05. The van der Waals surface area contributed by atoms with Crippen molar-refractivity contribution in [1.29, 1.82) is 0 Å². The fourth-order valence-corrected chi connectivity index (χ4v) is 4.47. The van der Waals surface area contributed by atoms with Crippen LogP contribution in [0.5, 0.6) is 11.5 Å². The first kappa shape index (κ1) is 18.6. The lowest BCUT2D eigenvalue weighted by molar-refractivity contribution is 0.0692. The van der Waals surface area contributed by atoms with E-state index >= 15 is 0 Å². The van der Waals surface area contributed by atoms with Crippen LogP contribution in [0.2, 0.25) is 0 Å². The number of fused-ring (bicyclic) bond motifs is 1. The largest absolute Gasteiger partial charge is 0.506 e. The molecule has 26 heavy (non-hydrogen) atoms. The molecule has 0 radical (unpaired) electrons. The molecule has 4 nitrogen and oxygen atoms in total. The summed E-state index contributed by atoms with van der Waals surface area (Å²) >= 11 is 0. The Hall–Kier alpha value is -2.23. The molecule has 3 rings (SSSR count). The van der Waals surface area contributed by atoms with Crippen molar-refractivity contribution in [3.05, 3.63) is 41.0 Å². The first-order valence-electron chi connectivity index (χ1n) is 9.33. The fraction of sp³-hybridized carbons (Fsp3) is 0.500. The average molecular weight is 356 g/mol. The van der Waals surface area contributed by atoms with Crippen LogP contribution >= 0.6 is 0 Å². The molecule has 0 amide bonds. The summed E-state index contributed by atoms with van der Waals surface area (Å²) in [6, 6.07) is 1.71. The van der Waals surface area contributed by atoms with Crippen LogP contribution in [0, 0.1) is 18.3 Å². The van der Waals surface area contributed by atoms with Gasteiger partial charge in [-0.15, -0.1) is 0 Å². The molecule has 1 aliphatic heterocycles. The number of hydrogen-bond donors (Lipinski definition) is 2. The second kappa shape index (κ2) is 6.82. The van der Waals surface area contributed by atoms with Gasteiger partial charge in [0.15, 0.2) is 0 Å². The number of ether oxygens (including phenoxy) is 1. The van der Waals surface area contributed by atoms with Gasteiger partial charge < -0.3 is 14.9 Å². The highest BCUT2D eigenvalue weighted by Crippen LogP contribution is 2.46. The normalized spacial score (nSPS) is 24.0. The van der Waals surface area contributed by atoms with Crippen LogP contribution in [0.25, 0.3) is 6.08 Å². The molecular formula is C22H28O4. The van der Waals surface area contributed by atoms with Crippen LogP contribution < -0.4 is 4.74 Å². The Balaban J connectivity index is 1.74. The summed E-state index contributed by atoms with van der Waals surface area (Å²) in [5.41, 5.74) is 2.52. The standard InChI is InChI=1S/C22H28O4/c1-13-6-5-11-22(3,4)17(13)10-8-15-7-9-16-18(26-15)12-14(2)19(20(16)23)21(24)25/h7,9,12,15,17,23H,1,5-6,8,10-11H2,2-4H3,(H,24,25)/t15-,17-/m0/s1. The molecular weight excluding hydrogens is 328 g/mol. The summed E-state index contributed by atoms with van der Waals surface area (Å²) in [7, 11) is 0. The Morgan fingerprint density at radius 2 is 2.12 bits per heavy atom. The van der Waals surface area contributed by atoms with Gasteiger partial charge in [-0.1, -0.05) is 26.0 Å². The van der Waals surface area contributed by atoms with Crippen LogP contribution in [0.15, 0.2) is 24.3 Å². The van der Waals surface area contributed by atoms with Gasteiger partial charge in [0.1, 0.15) is 23.2 Å². The van der Waals surface area contributed by atoms with Gasteiger partial charge in [-0.3, -0.25) is 0 Å². The van der Waals surface area contributed by atoms with Gasteiger partial charge in [0.25, 0.3) is 0 Å². The molecule has 1 heterocycles. The molecule has 2 atom stereocenters. The maximum atomic E-state index is 11.3. The molecule has 0 spiro atoms. The molecule has 1 aromatic rings. The number of phenols is 1. The molecule has 0 saturated heterocycles. The lowest BCUT2D eigenvalue weighted by atomic mass is 9.65. The Kier molecular flexibility index (Phi) is 4.87. The SMILES string of the molecule is C=C1CCCC(C)(C)[C@H]1CC[C@@H]1C=Cc2c(cc(C)c(C(=O)O)c2O)O1. The molecule has 1 aliphatic carbocycles. The lowest BCUT2D eigenvalue weighted by Crippen LogP contribution is -2.31. The molecule has 0 bridgehead atoms. The van der Waals surface area contributed by atoms with Crippen molar-refractivity contribution in [1.82, 2.24) is 0 Å². The topological polar surface area (TPSA) is 66.8 Å². The van der Waals surface area contributed by atoms with E-state index in [4.69, 9.17) is 4.74 Å². The van der Waals surface area contributed by atoms with E-state index in [9.17, 15) is 15.0 Å². The van der Waals surface area contributed by atoms with Gasteiger partial charge in [-0.25, -0.2) is 4.79 Å². The minimum absolute atomic E-state index is 0.0595. The second-order valence-corrected chi connectivity index (χ2v) is 8.28. The maximum absolute atomic E-state index is 11.3. The van der Waals surface area contributed by atoms with Crippen LogP contribution in [0.1, 0.15) is 67.4 Å². The first-order chi connectivity index (χ1) is 12.2. The number of allylic oxidation sites excluding steroid dienone is 1. The number of benzene rings is 1. The van der Waals surface area contributed by atoms with E-state index < -0.39 is 5.97 Å². The Morgan fingerprint density at radius 3 is 2.77 bits per heavy atom. The summed E-state index contributed by atoms with van der Waals surface area (Å²) in [5.74, 6) is -0.293. The molecule has 1 aromatic carbocycles. The molecule has 0 unspecified atom stereocenters. The van der Waals surface area contributed by atoms with E-state index in [2.05, 4.69) is 20.4 Å². The fourth-order valence-electron chi connectivity index (χ4n) is 4.47. The number of aromatic carboxylic acids is 1. The maximum Gasteiger partial charge on any atom is 0.339 e. The first-order valence-corrected chi connectivity index (χ1v) is 9.33. The van der Waals surface area contributed by atoms with Crippen molar-refractivity contribution >= 4 is 12.0 Å². The predicted molar refractivity (Wildman–Crippen MR) is 103 cm³/mol. The van der Waals surface area contributed by atoms with E-state index in [-0.39, 0.29) is 22.8 Å². The predicted octanol–water partition coefficient (Wildman–Crippen LogP) is 5.34. The Labute approximate surface area is 155 Å². The monoisotopic (exact) mass is 356 g/mol. The summed E-state index contributed by atoms with van der Waals surface area (Å²) in [6.07, 6.45) is 9.10. The van der Waals surface area contributed by atoms with Crippen LogP contribution in [-0.2, 0) is 0 Å². The van der Waals surface area contributed by atoms with Crippen molar-refractivity contribution in [3.8, 4) is 11.5 Å². The van der Waals surface area contributed by atoms with Gasteiger partial charge in [0.05, 0.1) is 5.56 Å². The van der Waals surface area contributed by atoms with Crippen molar-refractivity contribution < 1.29 is 19.7 Å². The number of rotatable bonds is 4. The third-order valence-corrected chi connectivity index (χ3v) is 5.96. The Bertz CT molecular complexity index is 773. The van der Waals surface area contributed by atoms with Gasteiger partial charge in [-0.2, -0.15) is 0 Å². The summed E-state index contributed by atoms with van der Waals surface area (Å²) in [6.45, 7) is 10.6. The zero-order chi connectivity index (χ0) is 19.1. The second-order valence-electron chi connectivity index (χ2n) is 8.28. The van der Waals surface area contributed by atoms with Crippen molar-refractivity contribution in [3.63, 3.8) is 0 Å². The highest BCUT2D eigenvalue weighted by Gasteiger charge is 2.35. The van der Waals surface area contributed by atoms with Gasteiger partial charge in [-0.05, 0) is 74.1 Å². The average Bonchev–Trinajstić information content (AvgIpc) is 2.53. The third-order valence-electron chi connectivity index (χ3n) is 5.96. The van der Waals surface area contributed by atoms with Gasteiger partial charge in [0.2, 0.25) is 0 Å². The van der Waals surface area contributed by atoms with Crippen molar-refractivity contribution in [2.45, 2.75) is 59.0 Å². The number of carboxylic acids is 1. The van der Waals surface area contributed by atoms with Crippen molar-refractivity contribution in [2.24, 2.45) is 11.3 Å². The molecule has 0 aromatic heterocycles. The molecule has 2 N–H and O–H groups in total. The summed E-state index contributed by atoms with van der Waals surface area (Å²) in [4.78, 5) is 11.3. The minimum atomic E-state index is -1.13. The smallest absolute Gasteiger partial charge is 0.339 e. The summed E-state index contributed by atoms with van der Waals surface area (Å²) in [5, 5.41) is 19.6. The van der Waals surface area contributed by atoms with E-state index in [1.54, 1.807) is 19.1 Å².